The monoisotopic (exact) mass is 484 g/mol. The van der Waals surface area contributed by atoms with Crippen LogP contribution in [0.1, 0.15) is 34.7 Å². The Kier molecular flexibility index (Phi) is 5.24. The third kappa shape index (κ3) is 3.44. The summed E-state index contributed by atoms with van der Waals surface area (Å²) in [5.74, 6) is 0.752. The first-order valence-electron chi connectivity index (χ1n) is 11.2. The van der Waals surface area contributed by atoms with Gasteiger partial charge in [-0.2, -0.15) is 0 Å². The van der Waals surface area contributed by atoms with Crippen molar-refractivity contribution >= 4 is 34.7 Å². The van der Waals surface area contributed by atoms with Crippen LogP contribution in [0.5, 0.6) is 5.75 Å². The van der Waals surface area contributed by atoms with Crippen molar-refractivity contribution in [1.29, 1.82) is 0 Å². The molecule has 6 heteroatoms. The number of benzene rings is 3. The lowest BCUT2D eigenvalue weighted by Crippen LogP contribution is -2.38. The van der Waals surface area contributed by atoms with Crippen molar-refractivity contribution in [3.05, 3.63) is 125 Å². The SMILES string of the molecule is COc1cccc(C=c2sc3n(c2=O)C(c2ccccc2Cl)C2=C(N=3)c3ccccc3CC2)c1. The number of halogens is 1. The van der Waals surface area contributed by atoms with Gasteiger partial charge in [-0.15, -0.1) is 0 Å². The second kappa shape index (κ2) is 8.42. The molecule has 1 aromatic heterocycles. The summed E-state index contributed by atoms with van der Waals surface area (Å²) in [6, 6.07) is 23.6. The predicted octanol–water partition coefficient (Wildman–Crippen LogP) is 4.98. The molecular weight excluding hydrogens is 464 g/mol. The zero-order valence-electron chi connectivity index (χ0n) is 18.5. The summed E-state index contributed by atoms with van der Waals surface area (Å²) in [7, 11) is 1.64. The Morgan fingerprint density at radius 3 is 2.74 bits per heavy atom. The lowest BCUT2D eigenvalue weighted by atomic mass is 9.83. The predicted molar refractivity (Wildman–Crippen MR) is 137 cm³/mol. The normalized spacial score (nSPS) is 17.0. The van der Waals surface area contributed by atoms with Gasteiger partial charge >= 0.3 is 0 Å². The van der Waals surface area contributed by atoms with Crippen molar-refractivity contribution in [3.63, 3.8) is 0 Å². The molecule has 1 atom stereocenters. The van der Waals surface area contributed by atoms with Crippen molar-refractivity contribution in [3.8, 4) is 5.75 Å². The van der Waals surface area contributed by atoms with Crippen molar-refractivity contribution in [2.75, 3.05) is 7.11 Å². The van der Waals surface area contributed by atoms with Gasteiger partial charge in [0.1, 0.15) is 5.75 Å². The fourth-order valence-corrected chi connectivity index (χ4v) is 6.12. The van der Waals surface area contributed by atoms with Crippen molar-refractivity contribution in [2.45, 2.75) is 18.9 Å². The molecule has 2 heterocycles. The number of aromatic nitrogens is 1. The number of ether oxygens (including phenoxy) is 1. The number of thiazole rings is 1. The van der Waals surface area contributed by atoms with Gasteiger partial charge in [0.2, 0.25) is 0 Å². The van der Waals surface area contributed by atoms with Crippen LogP contribution < -0.4 is 19.6 Å². The first-order valence-corrected chi connectivity index (χ1v) is 12.3. The van der Waals surface area contributed by atoms with Crippen molar-refractivity contribution in [2.24, 2.45) is 4.99 Å². The van der Waals surface area contributed by atoms with E-state index in [1.165, 1.54) is 16.9 Å². The fraction of sp³-hybridized carbons (Fsp3) is 0.143. The highest BCUT2D eigenvalue weighted by Gasteiger charge is 2.33. The summed E-state index contributed by atoms with van der Waals surface area (Å²) < 4.78 is 7.81. The van der Waals surface area contributed by atoms with E-state index in [1.54, 1.807) is 7.11 Å². The van der Waals surface area contributed by atoms with Crippen LogP contribution in [0.25, 0.3) is 11.8 Å². The number of aryl methyl sites for hydroxylation is 1. The van der Waals surface area contributed by atoms with Crippen LogP contribution in [-0.2, 0) is 6.42 Å². The first kappa shape index (κ1) is 21.1. The van der Waals surface area contributed by atoms with E-state index in [4.69, 9.17) is 21.3 Å². The van der Waals surface area contributed by atoms with Crippen molar-refractivity contribution < 1.29 is 4.74 Å². The van der Waals surface area contributed by atoms with E-state index in [2.05, 4.69) is 18.2 Å². The van der Waals surface area contributed by atoms with Gasteiger partial charge in [0, 0.05) is 10.6 Å². The molecule has 1 unspecified atom stereocenters. The van der Waals surface area contributed by atoms with E-state index in [0.717, 1.165) is 46.6 Å². The summed E-state index contributed by atoms with van der Waals surface area (Å²) in [5, 5.41) is 0.655. The summed E-state index contributed by atoms with van der Waals surface area (Å²) in [6.07, 6.45) is 3.66. The van der Waals surface area contributed by atoms with Crippen LogP contribution in [0.3, 0.4) is 0 Å². The van der Waals surface area contributed by atoms with Crippen molar-refractivity contribution in [1.82, 2.24) is 4.57 Å². The van der Waals surface area contributed by atoms with E-state index in [-0.39, 0.29) is 11.6 Å². The second-order valence-electron chi connectivity index (χ2n) is 8.41. The fourth-order valence-electron chi connectivity index (χ4n) is 4.88. The van der Waals surface area contributed by atoms with Gasteiger partial charge < -0.3 is 4.74 Å². The molecule has 0 radical (unpaired) electrons. The Morgan fingerprint density at radius 1 is 1.06 bits per heavy atom. The second-order valence-corrected chi connectivity index (χ2v) is 9.83. The molecule has 3 aromatic carbocycles. The van der Waals surface area contributed by atoms with E-state index in [1.807, 2.05) is 65.2 Å². The molecule has 0 bridgehead atoms. The molecule has 4 aromatic rings. The highest BCUT2D eigenvalue weighted by Crippen LogP contribution is 2.42. The average molecular weight is 485 g/mol. The minimum atomic E-state index is -0.277. The van der Waals surface area contributed by atoms with Gasteiger partial charge in [0.15, 0.2) is 4.80 Å². The third-order valence-corrected chi connectivity index (χ3v) is 7.79. The molecule has 0 spiro atoms. The van der Waals surface area contributed by atoms with Gasteiger partial charge in [0.05, 0.1) is 23.4 Å². The van der Waals surface area contributed by atoms with Crippen LogP contribution >= 0.6 is 22.9 Å². The number of fused-ring (bicyclic) bond motifs is 3. The molecule has 0 fully saturated rings. The van der Waals surface area contributed by atoms with E-state index >= 15 is 0 Å². The Morgan fingerprint density at radius 2 is 1.88 bits per heavy atom. The maximum Gasteiger partial charge on any atom is 0.271 e. The highest BCUT2D eigenvalue weighted by molar-refractivity contribution is 7.07. The molecule has 0 amide bonds. The number of nitrogens with zero attached hydrogens (tertiary/aromatic N) is 2. The number of hydrogen-bond acceptors (Lipinski definition) is 4. The number of rotatable bonds is 3. The lowest BCUT2D eigenvalue weighted by Gasteiger charge is -2.31. The Hall–Kier alpha value is -3.41. The van der Waals surface area contributed by atoms with Crippen LogP contribution in [-0.4, -0.2) is 11.7 Å². The van der Waals surface area contributed by atoms with E-state index < -0.39 is 0 Å². The minimum absolute atomic E-state index is 0.0538. The zero-order valence-corrected chi connectivity index (χ0v) is 20.1. The topological polar surface area (TPSA) is 43.6 Å². The molecule has 1 aliphatic heterocycles. The maximum absolute atomic E-state index is 13.8. The molecule has 4 nitrogen and oxygen atoms in total. The maximum atomic E-state index is 13.8. The minimum Gasteiger partial charge on any atom is -0.497 e. The zero-order chi connectivity index (χ0) is 23.2. The molecule has 1 aliphatic carbocycles. The summed E-state index contributed by atoms with van der Waals surface area (Å²) >= 11 is 8.11. The molecule has 0 saturated heterocycles. The molecule has 0 N–H and O–H groups in total. The summed E-state index contributed by atoms with van der Waals surface area (Å²) in [5.41, 5.74) is 6.34. The third-order valence-electron chi connectivity index (χ3n) is 6.46. The smallest absolute Gasteiger partial charge is 0.271 e. The van der Waals surface area contributed by atoms with Crippen LogP contribution in [0.4, 0.5) is 0 Å². The highest BCUT2D eigenvalue weighted by atomic mass is 35.5. The van der Waals surface area contributed by atoms with E-state index in [0.29, 0.717) is 14.4 Å². The summed E-state index contributed by atoms with van der Waals surface area (Å²) in [6.45, 7) is 0. The van der Waals surface area contributed by atoms with Gasteiger partial charge in [-0.1, -0.05) is 77.5 Å². The molecular formula is C28H21ClN2O2S. The molecule has 34 heavy (non-hydrogen) atoms. The molecule has 6 rings (SSSR count). The Labute approximate surface area is 205 Å². The Bertz CT molecular complexity index is 1650. The molecule has 168 valence electrons. The van der Waals surface area contributed by atoms with Gasteiger partial charge in [-0.25, -0.2) is 4.99 Å². The largest absolute Gasteiger partial charge is 0.497 e. The molecule has 2 aliphatic rings. The van der Waals surface area contributed by atoms with Gasteiger partial charge in [-0.05, 0) is 59.4 Å². The van der Waals surface area contributed by atoms with Crippen LogP contribution in [0.2, 0.25) is 5.02 Å². The number of hydrogen-bond donors (Lipinski definition) is 0. The first-order chi connectivity index (χ1) is 16.6. The van der Waals surface area contributed by atoms with Gasteiger partial charge in [0.25, 0.3) is 5.56 Å². The lowest BCUT2D eigenvalue weighted by molar-refractivity contribution is 0.414. The van der Waals surface area contributed by atoms with Crippen LogP contribution in [0.15, 0.2) is 88.2 Å². The number of methoxy groups -OCH3 is 1. The van der Waals surface area contributed by atoms with E-state index in [9.17, 15) is 4.79 Å². The summed E-state index contributed by atoms with van der Waals surface area (Å²) in [4.78, 5) is 19.5. The van der Waals surface area contributed by atoms with Gasteiger partial charge in [-0.3, -0.25) is 9.36 Å². The number of allylic oxidation sites excluding steroid dienone is 1. The quantitative estimate of drug-likeness (QED) is 0.411. The standard InChI is InChI=1S/C28H21ClN2O2S/c1-33-19-9-6-7-17(15-19)16-24-27(32)31-26(21-11-4-5-12-23(21)29)22-14-13-18-8-2-3-10-20(18)25(22)30-28(31)34-24/h2-12,15-16,26H,13-14H2,1H3. The Balaban J connectivity index is 1.63. The van der Waals surface area contributed by atoms with Crippen LogP contribution in [0, 0.1) is 0 Å². The molecule has 0 saturated carbocycles. The average Bonchev–Trinajstić information content (AvgIpc) is 3.17.